The fourth-order valence-corrected chi connectivity index (χ4v) is 4.24. The summed E-state index contributed by atoms with van der Waals surface area (Å²) in [5.41, 5.74) is 1.49. The summed E-state index contributed by atoms with van der Waals surface area (Å²) >= 11 is 7.58. The van der Waals surface area contributed by atoms with Gasteiger partial charge in [-0.1, -0.05) is 48.0 Å². The fourth-order valence-electron chi connectivity index (χ4n) is 2.84. The molecule has 0 spiro atoms. The summed E-state index contributed by atoms with van der Waals surface area (Å²) in [6.45, 7) is 0. The Hall–Kier alpha value is -2.43. The molecule has 0 amide bonds. The SMILES string of the molecule is O=[N+]([O-])c1cc(Cl)ccc1-c1cccc2c1sc1ccccc12. The standard InChI is InChI=1S/C18H10ClNO2S/c19-11-8-9-12(16(10-11)20(21)22)14-5-3-6-15-13-4-1-2-7-17(13)23-18(14)15/h1-10H. The molecule has 0 radical (unpaired) electrons. The highest BCUT2D eigenvalue weighted by molar-refractivity contribution is 7.26. The Bertz CT molecular complexity index is 1070. The van der Waals surface area contributed by atoms with Crippen LogP contribution in [0.3, 0.4) is 0 Å². The minimum Gasteiger partial charge on any atom is -0.258 e. The third-order valence-electron chi connectivity index (χ3n) is 3.85. The topological polar surface area (TPSA) is 43.1 Å². The molecule has 3 nitrogen and oxygen atoms in total. The first-order valence-electron chi connectivity index (χ1n) is 7.00. The Morgan fingerprint density at radius 1 is 0.913 bits per heavy atom. The third kappa shape index (κ3) is 2.27. The molecule has 0 aliphatic rings. The first-order valence-corrected chi connectivity index (χ1v) is 8.19. The number of nitrogens with zero attached hydrogens (tertiary/aromatic N) is 1. The van der Waals surface area contributed by atoms with Crippen LogP contribution < -0.4 is 0 Å². The number of rotatable bonds is 2. The van der Waals surface area contributed by atoms with Gasteiger partial charge in [0.25, 0.3) is 5.69 Å². The lowest BCUT2D eigenvalue weighted by atomic mass is 10.0. The van der Waals surface area contributed by atoms with Gasteiger partial charge in [-0.2, -0.15) is 0 Å². The second-order valence-electron chi connectivity index (χ2n) is 5.20. The van der Waals surface area contributed by atoms with Gasteiger partial charge in [-0.05, 0) is 18.2 Å². The largest absolute Gasteiger partial charge is 0.278 e. The van der Waals surface area contributed by atoms with Crippen LogP contribution in [0, 0.1) is 10.1 Å². The van der Waals surface area contributed by atoms with Gasteiger partial charge in [0.1, 0.15) is 0 Å². The predicted octanol–water partition coefficient (Wildman–Crippen LogP) is 6.28. The van der Waals surface area contributed by atoms with Crippen LogP contribution >= 0.6 is 22.9 Å². The van der Waals surface area contributed by atoms with Crippen molar-refractivity contribution < 1.29 is 4.92 Å². The number of hydrogen-bond acceptors (Lipinski definition) is 3. The van der Waals surface area contributed by atoms with Crippen LogP contribution in [0.15, 0.2) is 60.7 Å². The summed E-state index contributed by atoms with van der Waals surface area (Å²) in [6.07, 6.45) is 0. The normalized spacial score (nSPS) is 11.2. The quantitative estimate of drug-likeness (QED) is 0.318. The number of halogens is 1. The average molecular weight is 340 g/mol. The summed E-state index contributed by atoms with van der Waals surface area (Å²) in [4.78, 5) is 11.0. The van der Waals surface area contributed by atoms with Crippen LogP contribution in [-0.4, -0.2) is 4.92 Å². The molecule has 0 fully saturated rings. The van der Waals surface area contributed by atoms with Gasteiger partial charge in [0.2, 0.25) is 0 Å². The van der Waals surface area contributed by atoms with Crippen molar-refractivity contribution in [3.63, 3.8) is 0 Å². The summed E-state index contributed by atoms with van der Waals surface area (Å²) in [7, 11) is 0. The molecule has 0 saturated carbocycles. The highest BCUT2D eigenvalue weighted by Crippen LogP contribution is 2.42. The maximum atomic E-state index is 11.4. The van der Waals surface area contributed by atoms with Gasteiger partial charge >= 0.3 is 0 Å². The van der Waals surface area contributed by atoms with Crippen LogP contribution in [-0.2, 0) is 0 Å². The van der Waals surface area contributed by atoms with E-state index in [0.717, 1.165) is 15.6 Å². The number of thiophene rings is 1. The minimum atomic E-state index is -0.382. The van der Waals surface area contributed by atoms with E-state index in [1.807, 2.05) is 24.3 Å². The van der Waals surface area contributed by atoms with Crippen LogP contribution in [0.5, 0.6) is 0 Å². The van der Waals surface area contributed by atoms with Crippen molar-refractivity contribution in [3.8, 4) is 11.1 Å². The van der Waals surface area contributed by atoms with Crippen LogP contribution in [0.4, 0.5) is 5.69 Å². The average Bonchev–Trinajstić information content (AvgIpc) is 2.93. The number of fused-ring (bicyclic) bond motifs is 3. The van der Waals surface area contributed by atoms with E-state index < -0.39 is 0 Å². The molecule has 23 heavy (non-hydrogen) atoms. The highest BCUT2D eigenvalue weighted by Gasteiger charge is 2.19. The highest BCUT2D eigenvalue weighted by atomic mass is 35.5. The molecule has 4 rings (SSSR count). The Kier molecular flexibility index (Phi) is 3.29. The van der Waals surface area contributed by atoms with Crippen molar-refractivity contribution in [2.24, 2.45) is 0 Å². The lowest BCUT2D eigenvalue weighted by Crippen LogP contribution is -1.92. The summed E-state index contributed by atoms with van der Waals surface area (Å²) < 4.78 is 2.23. The Morgan fingerprint density at radius 2 is 1.70 bits per heavy atom. The molecule has 3 aromatic carbocycles. The van der Waals surface area contributed by atoms with Gasteiger partial charge < -0.3 is 0 Å². The lowest BCUT2D eigenvalue weighted by Gasteiger charge is -2.05. The predicted molar refractivity (Wildman–Crippen MR) is 96.4 cm³/mol. The lowest BCUT2D eigenvalue weighted by molar-refractivity contribution is -0.384. The molecule has 112 valence electrons. The summed E-state index contributed by atoms with van der Waals surface area (Å²) in [5, 5.41) is 14.1. The van der Waals surface area contributed by atoms with Crippen molar-refractivity contribution in [1.82, 2.24) is 0 Å². The zero-order valence-electron chi connectivity index (χ0n) is 11.8. The van der Waals surface area contributed by atoms with E-state index in [9.17, 15) is 10.1 Å². The molecule has 0 unspecified atom stereocenters. The molecular weight excluding hydrogens is 330 g/mol. The molecule has 4 aromatic rings. The van der Waals surface area contributed by atoms with Gasteiger partial charge in [-0.3, -0.25) is 10.1 Å². The molecule has 0 atom stereocenters. The molecule has 0 bridgehead atoms. The van der Waals surface area contributed by atoms with E-state index in [2.05, 4.69) is 18.2 Å². The van der Waals surface area contributed by atoms with Crippen molar-refractivity contribution in [2.45, 2.75) is 0 Å². The van der Waals surface area contributed by atoms with E-state index >= 15 is 0 Å². The van der Waals surface area contributed by atoms with Crippen LogP contribution in [0.2, 0.25) is 5.02 Å². The second-order valence-corrected chi connectivity index (χ2v) is 6.69. The minimum absolute atomic E-state index is 0.0301. The molecule has 0 aliphatic carbocycles. The van der Waals surface area contributed by atoms with Crippen molar-refractivity contribution in [2.75, 3.05) is 0 Å². The Morgan fingerprint density at radius 3 is 2.52 bits per heavy atom. The van der Waals surface area contributed by atoms with E-state index in [0.29, 0.717) is 10.6 Å². The molecule has 0 saturated heterocycles. The molecule has 0 N–H and O–H groups in total. The molecule has 1 aromatic heterocycles. The van der Waals surface area contributed by atoms with Crippen molar-refractivity contribution >= 4 is 48.8 Å². The van der Waals surface area contributed by atoms with Crippen LogP contribution in [0.25, 0.3) is 31.3 Å². The second kappa shape index (κ2) is 5.33. The number of nitro benzene ring substituents is 1. The van der Waals surface area contributed by atoms with E-state index in [-0.39, 0.29) is 10.6 Å². The van der Waals surface area contributed by atoms with Crippen molar-refractivity contribution in [3.05, 3.63) is 75.8 Å². The first kappa shape index (κ1) is 14.2. The van der Waals surface area contributed by atoms with Crippen molar-refractivity contribution in [1.29, 1.82) is 0 Å². The van der Waals surface area contributed by atoms with E-state index in [1.165, 1.54) is 16.2 Å². The van der Waals surface area contributed by atoms with E-state index in [1.54, 1.807) is 23.5 Å². The maximum absolute atomic E-state index is 11.4. The number of nitro groups is 1. The first-order chi connectivity index (χ1) is 11.1. The third-order valence-corrected chi connectivity index (χ3v) is 5.31. The Balaban J connectivity index is 2.09. The molecule has 1 heterocycles. The zero-order chi connectivity index (χ0) is 16.0. The molecular formula is C18H10ClNO2S. The molecule has 5 heteroatoms. The van der Waals surface area contributed by atoms with Gasteiger partial charge in [-0.15, -0.1) is 11.3 Å². The summed E-state index contributed by atoms with van der Waals surface area (Å²) in [6, 6.07) is 18.9. The zero-order valence-corrected chi connectivity index (χ0v) is 13.4. The van der Waals surface area contributed by atoms with E-state index in [4.69, 9.17) is 11.6 Å². The molecule has 0 aliphatic heterocycles. The fraction of sp³-hybridized carbons (Fsp3) is 0. The summed E-state index contributed by atoms with van der Waals surface area (Å²) in [5.74, 6) is 0. The van der Waals surface area contributed by atoms with Gasteiger partial charge in [-0.25, -0.2) is 0 Å². The number of hydrogen-bond donors (Lipinski definition) is 0. The smallest absolute Gasteiger partial charge is 0.258 e. The monoisotopic (exact) mass is 339 g/mol. The maximum Gasteiger partial charge on any atom is 0.278 e. The Labute approximate surface area is 140 Å². The van der Waals surface area contributed by atoms with Gasteiger partial charge in [0.05, 0.1) is 10.5 Å². The van der Waals surface area contributed by atoms with Gasteiger partial charge in [0.15, 0.2) is 0 Å². The van der Waals surface area contributed by atoms with Crippen LogP contribution in [0.1, 0.15) is 0 Å². The van der Waals surface area contributed by atoms with Gasteiger partial charge in [0, 0.05) is 36.8 Å². The number of benzene rings is 3.